The molecule has 30 heavy (non-hydrogen) atoms. The van der Waals surface area contributed by atoms with E-state index in [0.29, 0.717) is 33.1 Å². The Hall–Kier alpha value is -4.01. The second-order valence-electron chi connectivity index (χ2n) is 6.72. The van der Waals surface area contributed by atoms with Crippen LogP contribution in [0.4, 0.5) is 5.69 Å². The molecule has 1 heterocycles. The number of esters is 1. The van der Waals surface area contributed by atoms with Gasteiger partial charge in [0.1, 0.15) is 0 Å². The molecule has 2 aromatic carbocycles. The Labute approximate surface area is 171 Å². The number of nitro groups is 1. The van der Waals surface area contributed by atoms with Crippen molar-refractivity contribution in [1.29, 1.82) is 0 Å². The Morgan fingerprint density at radius 1 is 1.10 bits per heavy atom. The largest absolute Gasteiger partial charge is 0.441 e. The number of nitro benzene ring substituents is 1. The van der Waals surface area contributed by atoms with Crippen molar-refractivity contribution in [3.8, 4) is 0 Å². The van der Waals surface area contributed by atoms with E-state index in [0.717, 1.165) is 0 Å². The van der Waals surface area contributed by atoms with Crippen molar-refractivity contribution in [1.82, 2.24) is 4.57 Å². The van der Waals surface area contributed by atoms with Gasteiger partial charge < -0.3 is 14.1 Å². The van der Waals surface area contributed by atoms with Crippen LogP contribution in [0.25, 0.3) is 21.8 Å². The third-order valence-electron chi connectivity index (χ3n) is 4.46. The van der Waals surface area contributed by atoms with Crippen LogP contribution < -0.4 is 0 Å². The van der Waals surface area contributed by atoms with Gasteiger partial charge in [-0.05, 0) is 37.6 Å². The monoisotopic (exact) mass is 409 g/mol. The second kappa shape index (κ2) is 8.16. The third-order valence-corrected chi connectivity index (χ3v) is 4.46. The third kappa shape index (κ3) is 4.04. The number of benzene rings is 2. The molecule has 0 atom stereocenters. The van der Waals surface area contributed by atoms with Gasteiger partial charge in [0.25, 0.3) is 5.69 Å². The standard InChI is InChI=1S/C21H19N3O6/c1-12(2)21(26)29-11-23-19-7-5-15(13(3)22-30-14(4)25)9-17(19)18-10-16(24(27)28)6-8-20(18)23/h5-10H,1,11H2,2-4H3. The molecule has 0 radical (unpaired) electrons. The van der Waals surface area contributed by atoms with Gasteiger partial charge in [0.2, 0.25) is 0 Å². The van der Waals surface area contributed by atoms with Gasteiger partial charge in [-0.3, -0.25) is 10.1 Å². The molecule has 9 heteroatoms. The Morgan fingerprint density at radius 3 is 2.33 bits per heavy atom. The van der Waals surface area contributed by atoms with E-state index in [1.807, 2.05) is 0 Å². The van der Waals surface area contributed by atoms with Crippen molar-refractivity contribution in [2.75, 3.05) is 0 Å². The zero-order valence-electron chi connectivity index (χ0n) is 16.7. The molecule has 0 spiro atoms. The molecule has 0 amide bonds. The van der Waals surface area contributed by atoms with Crippen molar-refractivity contribution < 1.29 is 24.1 Å². The number of hydrogen-bond donors (Lipinski definition) is 0. The molecule has 0 aliphatic heterocycles. The van der Waals surface area contributed by atoms with E-state index in [1.54, 1.807) is 42.7 Å². The van der Waals surface area contributed by atoms with Gasteiger partial charge in [0, 0.05) is 35.4 Å². The number of carbonyl (C=O) groups is 2. The molecule has 0 saturated carbocycles. The summed E-state index contributed by atoms with van der Waals surface area (Å²) < 4.78 is 7.04. The molecule has 3 rings (SSSR count). The lowest BCUT2D eigenvalue weighted by Crippen LogP contribution is -2.09. The normalized spacial score (nSPS) is 11.5. The summed E-state index contributed by atoms with van der Waals surface area (Å²) in [5.74, 6) is -1.07. The maximum Gasteiger partial charge on any atom is 0.334 e. The van der Waals surface area contributed by atoms with E-state index in [2.05, 4.69) is 16.6 Å². The molecular formula is C21H19N3O6. The molecule has 0 aliphatic carbocycles. The maximum absolute atomic E-state index is 11.8. The summed E-state index contributed by atoms with van der Waals surface area (Å²) in [4.78, 5) is 38.3. The van der Waals surface area contributed by atoms with Crippen LogP contribution in [0.5, 0.6) is 0 Å². The smallest absolute Gasteiger partial charge is 0.334 e. The van der Waals surface area contributed by atoms with E-state index in [4.69, 9.17) is 4.74 Å². The van der Waals surface area contributed by atoms with Crippen molar-refractivity contribution >= 4 is 45.1 Å². The summed E-state index contributed by atoms with van der Waals surface area (Å²) in [6.07, 6.45) is 0. The Kier molecular flexibility index (Phi) is 5.63. The topological polar surface area (TPSA) is 113 Å². The Morgan fingerprint density at radius 2 is 1.73 bits per heavy atom. The molecule has 0 saturated heterocycles. The number of oxime groups is 1. The summed E-state index contributed by atoms with van der Waals surface area (Å²) in [6.45, 7) is 7.96. The van der Waals surface area contributed by atoms with E-state index in [9.17, 15) is 19.7 Å². The highest BCUT2D eigenvalue weighted by Gasteiger charge is 2.17. The molecular weight excluding hydrogens is 390 g/mol. The van der Waals surface area contributed by atoms with Crippen LogP contribution in [0.15, 0.2) is 53.7 Å². The van der Waals surface area contributed by atoms with Gasteiger partial charge in [-0.1, -0.05) is 17.8 Å². The number of aromatic nitrogens is 1. The fourth-order valence-electron chi connectivity index (χ4n) is 3.00. The van der Waals surface area contributed by atoms with E-state index in [-0.39, 0.29) is 18.0 Å². The first kappa shape index (κ1) is 20.7. The van der Waals surface area contributed by atoms with Crippen LogP contribution in [-0.4, -0.2) is 27.1 Å². The number of carbonyl (C=O) groups excluding carboxylic acids is 2. The molecule has 154 valence electrons. The summed E-state index contributed by atoms with van der Waals surface area (Å²) in [5, 5.41) is 16.4. The maximum atomic E-state index is 11.8. The van der Waals surface area contributed by atoms with Crippen LogP contribution in [-0.2, 0) is 25.9 Å². The van der Waals surface area contributed by atoms with Gasteiger partial charge >= 0.3 is 11.9 Å². The SMILES string of the molecule is C=C(C)C(=O)OCn1c2ccc(C(C)=NOC(C)=O)cc2c2cc([N+](=O)[O-])ccc21. The molecule has 0 aliphatic rings. The summed E-state index contributed by atoms with van der Waals surface area (Å²) in [7, 11) is 0. The van der Waals surface area contributed by atoms with Crippen LogP contribution in [0.2, 0.25) is 0 Å². The minimum Gasteiger partial charge on any atom is -0.441 e. The lowest BCUT2D eigenvalue weighted by molar-refractivity contribution is -0.384. The van der Waals surface area contributed by atoms with Gasteiger partial charge in [-0.25, -0.2) is 9.59 Å². The second-order valence-corrected chi connectivity index (χ2v) is 6.72. The van der Waals surface area contributed by atoms with Crippen LogP contribution in [0.3, 0.4) is 0 Å². The lowest BCUT2D eigenvalue weighted by Gasteiger charge is -2.09. The van der Waals surface area contributed by atoms with Crippen LogP contribution in [0, 0.1) is 10.1 Å². The molecule has 1 aromatic heterocycles. The number of non-ortho nitro benzene ring substituents is 1. The first-order valence-corrected chi connectivity index (χ1v) is 8.94. The van der Waals surface area contributed by atoms with Crippen molar-refractivity contribution in [2.45, 2.75) is 27.5 Å². The van der Waals surface area contributed by atoms with Gasteiger partial charge in [-0.15, -0.1) is 0 Å². The first-order chi connectivity index (χ1) is 14.2. The average molecular weight is 409 g/mol. The summed E-state index contributed by atoms with van der Waals surface area (Å²) >= 11 is 0. The van der Waals surface area contributed by atoms with Gasteiger partial charge in [0.05, 0.1) is 21.7 Å². The Balaban J connectivity index is 2.18. The quantitative estimate of drug-likeness (QED) is 0.151. The van der Waals surface area contributed by atoms with E-state index < -0.39 is 16.9 Å². The molecule has 3 aromatic rings. The van der Waals surface area contributed by atoms with E-state index >= 15 is 0 Å². The average Bonchev–Trinajstić information content (AvgIpc) is 3.02. The number of fused-ring (bicyclic) bond motifs is 3. The lowest BCUT2D eigenvalue weighted by atomic mass is 10.1. The van der Waals surface area contributed by atoms with Crippen molar-refractivity contribution in [3.63, 3.8) is 0 Å². The van der Waals surface area contributed by atoms with Gasteiger partial charge in [-0.2, -0.15) is 0 Å². The predicted octanol–water partition coefficient (Wildman–Crippen LogP) is 4.07. The number of nitrogens with zero attached hydrogens (tertiary/aromatic N) is 3. The van der Waals surface area contributed by atoms with Gasteiger partial charge in [0.15, 0.2) is 6.73 Å². The number of hydrogen-bond acceptors (Lipinski definition) is 7. The molecule has 9 nitrogen and oxygen atoms in total. The van der Waals surface area contributed by atoms with Crippen molar-refractivity contribution in [2.24, 2.45) is 5.16 Å². The fraction of sp³-hybridized carbons (Fsp3) is 0.190. The summed E-state index contributed by atoms with van der Waals surface area (Å²) in [6, 6.07) is 9.83. The fourth-order valence-corrected chi connectivity index (χ4v) is 3.00. The van der Waals surface area contributed by atoms with Crippen LogP contribution in [0.1, 0.15) is 26.3 Å². The molecule has 0 bridgehead atoms. The zero-order valence-corrected chi connectivity index (χ0v) is 16.7. The number of rotatable bonds is 6. The molecule has 0 N–H and O–H groups in total. The highest BCUT2D eigenvalue weighted by molar-refractivity contribution is 6.12. The van der Waals surface area contributed by atoms with Crippen LogP contribution >= 0.6 is 0 Å². The molecule has 0 unspecified atom stereocenters. The first-order valence-electron chi connectivity index (χ1n) is 8.94. The predicted molar refractivity (Wildman–Crippen MR) is 111 cm³/mol. The van der Waals surface area contributed by atoms with E-state index in [1.165, 1.54) is 19.1 Å². The zero-order chi connectivity index (χ0) is 22.0. The van der Waals surface area contributed by atoms with Crippen molar-refractivity contribution in [3.05, 3.63) is 64.2 Å². The highest BCUT2D eigenvalue weighted by Crippen LogP contribution is 2.32. The minimum atomic E-state index is -0.540. The minimum absolute atomic E-state index is 0.0591. The summed E-state index contributed by atoms with van der Waals surface area (Å²) in [5.41, 5.74) is 2.73. The molecule has 0 fully saturated rings. The Bertz CT molecular complexity index is 1240. The number of ether oxygens (including phenoxy) is 1. The highest BCUT2D eigenvalue weighted by atomic mass is 16.7.